The third-order valence-electron chi connectivity index (χ3n) is 15.6. The van der Waals surface area contributed by atoms with Crippen molar-refractivity contribution in [2.45, 2.75) is 77.9 Å². The molecule has 3 fully saturated rings. The number of nitrogens with zero attached hydrogens (tertiary/aromatic N) is 9. The molecule has 3 aliphatic rings. The Balaban J connectivity index is 0.000000683. The topological polar surface area (TPSA) is 321 Å². The first-order valence-corrected chi connectivity index (χ1v) is 39.1. The molecule has 6 rings (SSSR count). The van der Waals surface area contributed by atoms with Crippen molar-refractivity contribution < 1.29 is 117 Å². The third kappa shape index (κ3) is 37.3. The molecule has 3 aromatic carbocycles. The molecule has 0 spiro atoms. The molecule has 0 saturated carbocycles. The van der Waals surface area contributed by atoms with Gasteiger partial charge in [-0.15, -0.1) is 0 Å². The zero-order chi connectivity index (χ0) is 83.8. The van der Waals surface area contributed by atoms with Gasteiger partial charge in [-0.1, -0.05) is 87.8 Å². The Hall–Kier alpha value is -4.90. The molecule has 0 atom stereocenters. The minimum absolute atomic E-state index is 0.00984. The van der Waals surface area contributed by atoms with Crippen LogP contribution in [0.5, 0.6) is 0 Å². The van der Waals surface area contributed by atoms with Crippen LogP contribution in [0, 0.1) is 0 Å². The summed E-state index contributed by atoms with van der Waals surface area (Å²) in [5, 5.41) is 14.6. The summed E-state index contributed by atoms with van der Waals surface area (Å²) >= 11 is 35.4. The number of ketones is 4. The number of hydrogen-bond donors (Lipinski definition) is 4. The molecule has 5 N–H and O–H groups in total. The fraction of sp³-hybridized carbons (Fsp3) is 0.597. The highest BCUT2D eigenvalue weighted by molar-refractivity contribution is 7.89. The maximum Gasteiger partial charge on any atom is 0.458 e. The van der Waals surface area contributed by atoms with Gasteiger partial charge in [0.1, 0.15) is 14.7 Å². The van der Waals surface area contributed by atoms with Crippen LogP contribution in [0.4, 0.5) is 52.7 Å². The van der Waals surface area contributed by atoms with E-state index < -0.39 is 83.9 Å². The van der Waals surface area contributed by atoms with Crippen molar-refractivity contribution in [1.82, 2.24) is 52.9 Å². The van der Waals surface area contributed by atoms with Gasteiger partial charge in [0.25, 0.3) is 0 Å². The molecule has 2 amide bonds. The Kier molecular flexibility index (Phi) is 44.7. The van der Waals surface area contributed by atoms with Gasteiger partial charge in [-0.25, -0.2) is 38.2 Å². The summed E-state index contributed by atoms with van der Waals surface area (Å²) in [5.74, 6) is -15.0. The summed E-state index contributed by atoms with van der Waals surface area (Å²) in [5.41, 5.74) is 5.44. The minimum atomic E-state index is -5.77. The van der Waals surface area contributed by atoms with Crippen molar-refractivity contribution >= 4 is 141 Å². The zero-order valence-electron chi connectivity index (χ0n) is 59.7. The number of nitrogens with two attached hydrogens (primary N) is 1. The van der Waals surface area contributed by atoms with Crippen LogP contribution in [0.25, 0.3) is 0 Å². The molecule has 3 saturated heterocycles. The number of rotatable bonds is 28. The standard InChI is InChI=1S/2C18H28Cl2N4O3S.C10H11Cl2NO4S.C8H19N3.2C4F6O2/c2*1-22-11-13-24(14-12-22)9-4-8-21-17(25)7-10-23(2)28(26,27)16-6-3-5-15(19)18(16)20;1-13(6-5-9(14)15)18(16,17)8-4-2-3-7(11)10(8)12;1-10-5-7-11(8-6-10)4-2-3-9;2*5-3(6,7)1(11)2(12)4(8,9)10/h2*3,5-6H,4,7-14H2,1-2H3,(H,21,25);2-4H,5-6H2,1H3,(H,14,15);2-9H2,1H3;;. The number of hydrogen-bond acceptors (Lipinski definition) is 20. The second-order valence-corrected chi connectivity index (χ2v) is 32.5. The first-order chi connectivity index (χ1) is 50.1. The van der Waals surface area contributed by atoms with Crippen LogP contribution in [-0.4, -0.2) is 318 Å². The number of piperazine rings is 3. The van der Waals surface area contributed by atoms with Gasteiger partial charge in [0, 0.05) is 145 Å². The third-order valence-corrected chi connectivity index (χ3v) is 24.1. The number of alkyl halides is 12. The van der Waals surface area contributed by atoms with Gasteiger partial charge in [0.15, 0.2) is 0 Å². The number of nitrogens with one attached hydrogen (secondary N) is 2. The van der Waals surface area contributed by atoms with Crippen LogP contribution in [0.15, 0.2) is 69.3 Å². The molecule has 0 bridgehead atoms. The Morgan fingerprint density at radius 3 is 0.862 bits per heavy atom. The SMILES string of the molecule is CN(CCC(=O)O)S(=O)(=O)c1cccc(Cl)c1Cl.CN1CCN(CCCN)CC1.CN1CCN(CCCNC(=O)CCN(C)S(=O)(=O)c2cccc(Cl)c2Cl)CC1.CN1CCN(CCCNC(=O)CCN(C)S(=O)(=O)c2cccc(Cl)c2Cl)CC1.O=C(C(=O)C(F)(F)F)C(F)(F)F.O=C(C(=O)C(F)(F)F)C(F)(F)F. The van der Waals surface area contributed by atoms with Crippen molar-refractivity contribution in [3.05, 3.63) is 84.7 Å². The van der Waals surface area contributed by atoms with E-state index in [9.17, 15) is 112 Å². The predicted molar refractivity (Wildman–Crippen MR) is 385 cm³/mol. The monoisotopic (exact) mass is 1760 g/mol. The summed E-state index contributed by atoms with van der Waals surface area (Å²) in [6.45, 7) is 18.5. The number of benzene rings is 3. The number of carboxylic acids is 1. The number of carbonyl (C=O) groups excluding carboxylic acids is 6. The number of carboxylic acid groups (broad SMARTS) is 1. The van der Waals surface area contributed by atoms with Gasteiger partial charge >= 0.3 is 53.8 Å². The second kappa shape index (κ2) is 47.7. The lowest BCUT2D eigenvalue weighted by molar-refractivity contribution is -0.193. The van der Waals surface area contributed by atoms with E-state index in [0.717, 1.165) is 104 Å². The van der Waals surface area contributed by atoms with Gasteiger partial charge < -0.3 is 50.9 Å². The van der Waals surface area contributed by atoms with Crippen molar-refractivity contribution in [3.63, 3.8) is 0 Å². The quantitative estimate of drug-likeness (QED) is 0.0307. The van der Waals surface area contributed by atoms with Crippen LogP contribution >= 0.6 is 69.6 Å². The van der Waals surface area contributed by atoms with Crippen LogP contribution in [0.3, 0.4) is 0 Å². The first-order valence-electron chi connectivity index (χ1n) is 32.5. The fourth-order valence-corrected chi connectivity index (χ4v) is 14.7. The number of likely N-dealkylation sites (N-methyl/N-ethyl adjacent to an activating group) is 3. The van der Waals surface area contributed by atoms with Crippen LogP contribution in [0.2, 0.25) is 30.1 Å². The Labute approximate surface area is 654 Å². The van der Waals surface area contributed by atoms with Crippen LogP contribution in [0.1, 0.15) is 38.5 Å². The van der Waals surface area contributed by atoms with Crippen LogP contribution in [-0.2, 0) is 63.6 Å². The molecule has 622 valence electrons. The van der Waals surface area contributed by atoms with Crippen molar-refractivity contribution in [2.24, 2.45) is 5.73 Å². The number of Topliss-reactive ketones (excluding diaryl/α,β-unsaturated/α-hetero) is 4. The van der Waals surface area contributed by atoms with Gasteiger partial charge in [-0.2, -0.15) is 52.7 Å². The fourth-order valence-electron chi connectivity index (χ4n) is 8.97. The van der Waals surface area contributed by atoms with Gasteiger partial charge in [-0.05, 0) is 103 Å². The molecule has 3 aliphatic heterocycles. The average molecular weight is 1760 g/mol. The van der Waals surface area contributed by atoms with E-state index in [1.807, 2.05) is 0 Å². The molecule has 109 heavy (non-hydrogen) atoms. The smallest absolute Gasteiger partial charge is 0.458 e. The number of sulfonamides is 3. The van der Waals surface area contributed by atoms with Crippen molar-refractivity contribution in [1.29, 1.82) is 0 Å². The summed E-state index contributed by atoms with van der Waals surface area (Å²) in [6, 6.07) is 13.2. The Bertz CT molecular complexity index is 3580. The Morgan fingerprint density at radius 2 is 0.642 bits per heavy atom. The van der Waals surface area contributed by atoms with E-state index in [1.165, 1.54) is 108 Å². The molecule has 0 aromatic heterocycles. The molecular weight excluding hydrogens is 1670 g/mol. The highest BCUT2D eigenvalue weighted by Gasteiger charge is 2.55. The van der Waals surface area contributed by atoms with E-state index in [-0.39, 0.29) is 95.5 Å². The van der Waals surface area contributed by atoms with Crippen molar-refractivity contribution in [3.8, 4) is 0 Å². The lowest BCUT2D eigenvalue weighted by Gasteiger charge is -2.32. The number of aliphatic carboxylic acids is 1. The molecule has 0 aliphatic carbocycles. The van der Waals surface area contributed by atoms with E-state index in [0.29, 0.717) is 13.1 Å². The number of amides is 2. The summed E-state index contributed by atoms with van der Waals surface area (Å²) < 4.78 is 212. The van der Waals surface area contributed by atoms with Gasteiger partial charge in [0.2, 0.25) is 41.9 Å². The summed E-state index contributed by atoms with van der Waals surface area (Å²) in [4.78, 5) is 86.9. The van der Waals surface area contributed by atoms with Gasteiger partial charge in [0.05, 0.1) is 36.6 Å². The van der Waals surface area contributed by atoms with Crippen LogP contribution < -0.4 is 16.4 Å². The largest absolute Gasteiger partial charge is 0.481 e. The van der Waals surface area contributed by atoms with E-state index >= 15 is 0 Å². The van der Waals surface area contributed by atoms with Gasteiger partial charge in [-0.3, -0.25) is 33.6 Å². The minimum Gasteiger partial charge on any atom is -0.481 e. The maximum absolute atomic E-state index is 12.6. The molecule has 3 aromatic rings. The highest BCUT2D eigenvalue weighted by atomic mass is 35.5. The highest BCUT2D eigenvalue weighted by Crippen LogP contribution is 2.34. The lowest BCUT2D eigenvalue weighted by atomic mass is 10.2. The molecule has 47 heteroatoms. The molecule has 0 unspecified atom stereocenters. The summed E-state index contributed by atoms with van der Waals surface area (Å²) in [6.07, 6.45) is -20.3. The normalized spacial score (nSPS) is 15.5. The Morgan fingerprint density at radius 1 is 0.413 bits per heavy atom. The lowest BCUT2D eigenvalue weighted by Crippen LogP contribution is -2.45. The zero-order valence-corrected chi connectivity index (χ0v) is 66.7. The van der Waals surface area contributed by atoms with E-state index in [2.05, 4.69) is 61.2 Å². The molecule has 26 nitrogen and oxygen atoms in total. The molecule has 3 heterocycles. The number of carbonyl (C=O) groups is 7. The van der Waals surface area contributed by atoms with Crippen molar-refractivity contribution in [2.75, 3.05) is 180 Å². The molecular formula is C62H86Cl6F12N12O14S3. The second-order valence-electron chi connectivity index (χ2n) is 24.1. The summed E-state index contributed by atoms with van der Waals surface area (Å²) in [7, 11) is -0.890. The predicted octanol–water partition coefficient (Wildman–Crippen LogP) is 7.69. The van der Waals surface area contributed by atoms with E-state index in [4.69, 9.17) is 80.4 Å². The molecule has 0 radical (unpaired) electrons. The average Bonchev–Trinajstić information content (AvgIpc) is 1.21. The first kappa shape index (κ1) is 102. The number of halogens is 18. The van der Waals surface area contributed by atoms with E-state index in [1.54, 1.807) is 0 Å². The maximum atomic E-state index is 12.6.